The highest BCUT2D eigenvalue weighted by Crippen LogP contribution is 2.20. The van der Waals surface area contributed by atoms with E-state index in [9.17, 15) is 4.79 Å². The number of carbonyl (C=O) groups is 1. The molecule has 1 atom stereocenters. The molecule has 0 aliphatic rings. The van der Waals surface area contributed by atoms with Crippen LogP contribution < -0.4 is 5.32 Å². The van der Waals surface area contributed by atoms with E-state index in [0.717, 1.165) is 23.6 Å². The average molecular weight is 304 g/mol. The first-order chi connectivity index (χ1) is 10.2. The lowest BCUT2D eigenvalue weighted by atomic mass is 9.99. The van der Waals surface area contributed by atoms with Crippen molar-refractivity contribution in [1.29, 1.82) is 0 Å². The van der Waals surface area contributed by atoms with E-state index >= 15 is 0 Å². The van der Waals surface area contributed by atoms with E-state index in [2.05, 4.69) is 19.2 Å². The van der Waals surface area contributed by atoms with Crippen LogP contribution in [0.2, 0.25) is 0 Å². The summed E-state index contributed by atoms with van der Waals surface area (Å²) in [5.74, 6) is 0.392. The molecule has 21 heavy (non-hydrogen) atoms. The maximum atomic E-state index is 12.4. The van der Waals surface area contributed by atoms with Crippen LogP contribution in [0, 0.1) is 5.92 Å². The largest absolute Gasteiger partial charge is 0.351 e. The van der Waals surface area contributed by atoms with Gasteiger partial charge in [-0.15, -0.1) is 11.6 Å². The molecule has 0 saturated carbocycles. The Hall–Kier alpha value is -1.54. The number of hydrogen-bond acceptors (Lipinski definition) is 1. The first kappa shape index (κ1) is 15.8. The van der Waals surface area contributed by atoms with Gasteiger partial charge >= 0.3 is 0 Å². The third-order valence-corrected chi connectivity index (χ3v) is 4.56. The summed E-state index contributed by atoms with van der Waals surface area (Å²) in [4.78, 5) is 12.4. The zero-order valence-electron chi connectivity index (χ0n) is 12.6. The summed E-state index contributed by atoms with van der Waals surface area (Å²) in [7, 11) is 0. The molecule has 2 nitrogen and oxygen atoms in total. The maximum Gasteiger partial charge on any atom is 0.251 e. The Bertz CT molecular complexity index is 602. The number of benzene rings is 2. The first-order valence-electron chi connectivity index (χ1n) is 7.57. The van der Waals surface area contributed by atoms with Crippen molar-refractivity contribution in [2.45, 2.75) is 32.1 Å². The summed E-state index contributed by atoms with van der Waals surface area (Å²) >= 11 is 6.38. The number of halogens is 1. The van der Waals surface area contributed by atoms with Gasteiger partial charge in [0.05, 0.1) is 5.38 Å². The number of rotatable bonds is 6. The van der Waals surface area contributed by atoms with Crippen molar-refractivity contribution in [2.24, 2.45) is 5.92 Å². The van der Waals surface area contributed by atoms with Crippen LogP contribution in [-0.4, -0.2) is 17.8 Å². The van der Waals surface area contributed by atoms with Crippen LogP contribution in [0.4, 0.5) is 0 Å². The standard InChI is InChI=1S/C18H22ClNO/c1-3-13(4-2)17(19)12-20-18(21)16-11-7-9-14-8-5-6-10-15(14)16/h5-11,13,17H,3-4,12H2,1-2H3,(H,20,21). The van der Waals surface area contributed by atoms with E-state index in [1.807, 2.05) is 42.5 Å². The third kappa shape index (κ3) is 3.76. The topological polar surface area (TPSA) is 29.1 Å². The number of nitrogens with one attached hydrogen (secondary N) is 1. The van der Waals surface area contributed by atoms with Crippen molar-refractivity contribution >= 4 is 28.3 Å². The van der Waals surface area contributed by atoms with E-state index in [-0.39, 0.29) is 11.3 Å². The Balaban J connectivity index is 2.09. The van der Waals surface area contributed by atoms with Crippen LogP contribution in [0.1, 0.15) is 37.0 Å². The first-order valence-corrected chi connectivity index (χ1v) is 8.01. The van der Waals surface area contributed by atoms with Crippen molar-refractivity contribution in [1.82, 2.24) is 5.32 Å². The molecule has 0 saturated heterocycles. The molecule has 1 N–H and O–H groups in total. The Morgan fingerprint density at radius 3 is 2.48 bits per heavy atom. The van der Waals surface area contributed by atoms with Crippen molar-refractivity contribution in [3.05, 3.63) is 48.0 Å². The number of fused-ring (bicyclic) bond motifs is 1. The van der Waals surface area contributed by atoms with E-state index in [4.69, 9.17) is 11.6 Å². The SMILES string of the molecule is CCC(CC)C(Cl)CNC(=O)c1cccc2ccccc12. The van der Waals surface area contributed by atoms with Gasteiger partial charge in [0.25, 0.3) is 5.91 Å². The van der Waals surface area contributed by atoms with Crippen LogP contribution in [0.25, 0.3) is 10.8 Å². The summed E-state index contributed by atoms with van der Waals surface area (Å²) in [6.45, 7) is 4.78. The van der Waals surface area contributed by atoms with Crippen LogP contribution >= 0.6 is 11.6 Å². The Labute approximate surface area is 131 Å². The van der Waals surface area contributed by atoms with Gasteiger partial charge in [-0.05, 0) is 22.8 Å². The lowest BCUT2D eigenvalue weighted by Gasteiger charge is -2.19. The van der Waals surface area contributed by atoms with Gasteiger partial charge in [-0.3, -0.25) is 4.79 Å². The second-order valence-electron chi connectivity index (χ2n) is 5.33. The molecule has 0 radical (unpaired) electrons. The van der Waals surface area contributed by atoms with Crippen LogP contribution in [-0.2, 0) is 0 Å². The van der Waals surface area contributed by atoms with Gasteiger partial charge in [-0.1, -0.05) is 63.1 Å². The van der Waals surface area contributed by atoms with Gasteiger partial charge < -0.3 is 5.32 Å². The fraction of sp³-hybridized carbons (Fsp3) is 0.389. The fourth-order valence-electron chi connectivity index (χ4n) is 2.68. The average Bonchev–Trinajstić information content (AvgIpc) is 2.53. The highest BCUT2D eigenvalue weighted by Gasteiger charge is 2.17. The lowest BCUT2D eigenvalue weighted by Crippen LogP contribution is -2.33. The predicted octanol–water partition coefficient (Wildman–Crippen LogP) is 4.61. The molecule has 0 heterocycles. The lowest BCUT2D eigenvalue weighted by molar-refractivity contribution is 0.0953. The molecule has 0 aromatic heterocycles. The molecule has 1 unspecified atom stereocenters. The molecule has 3 heteroatoms. The predicted molar refractivity (Wildman–Crippen MR) is 90.0 cm³/mol. The zero-order valence-corrected chi connectivity index (χ0v) is 13.4. The van der Waals surface area contributed by atoms with Crippen LogP contribution in [0.15, 0.2) is 42.5 Å². The number of hydrogen-bond donors (Lipinski definition) is 1. The molecular formula is C18H22ClNO. The molecule has 112 valence electrons. The molecule has 0 aliphatic carbocycles. The Morgan fingerprint density at radius 2 is 1.76 bits per heavy atom. The van der Waals surface area contributed by atoms with E-state index in [1.165, 1.54) is 0 Å². The molecule has 0 fully saturated rings. The molecule has 0 aliphatic heterocycles. The zero-order chi connectivity index (χ0) is 15.2. The van der Waals surface area contributed by atoms with Crippen molar-refractivity contribution in [3.63, 3.8) is 0 Å². The third-order valence-electron chi connectivity index (χ3n) is 4.05. The number of amides is 1. The highest BCUT2D eigenvalue weighted by molar-refractivity contribution is 6.21. The molecule has 2 aromatic carbocycles. The summed E-state index contributed by atoms with van der Waals surface area (Å²) in [6, 6.07) is 13.7. The molecule has 0 spiro atoms. The minimum Gasteiger partial charge on any atom is -0.351 e. The van der Waals surface area contributed by atoms with E-state index < -0.39 is 0 Å². The normalized spacial score (nSPS) is 12.6. The summed E-state index contributed by atoms with van der Waals surface area (Å²) in [5, 5.41) is 5.01. The van der Waals surface area contributed by atoms with Gasteiger partial charge in [0.15, 0.2) is 0 Å². The van der Waals surface area contributed by atoms with Gasteiger partial charge in [-0.25, -0.2) is 0 Å². The van der Waals surface area contributed by atoms with Gasteiger partial charge in [-0.2, -0.15) is 0 Å². The second-order valence-corrected chi connectivity index (χ2v) is 5.89. The number of alkyl halides is 1. The summed E-state index contributed by atoms with van der Waals surface area (Å²) < 4.78 is 0. The molecule has 1 amide bonds. The summed E-state index contributed by atoms with van der Waals surface area (Å²) in [6.07, 6.45) is 2.07. The van der Waals surface area contributed by atoms with Crippen molar-refractivity contribution < 1.29 is 4.79 Å². The molecule has 0 bridgehead atoms. The van der Waals surface area contributed by atoms with Gasteiger partial charge in [0, 0.05) is 12.1 Å². The smallest absolute Gasteiger partial charge is 0.251 e. The molecule has 2 rings (SSSR count). The maximum absolute atomic E-state index is 12.4. The number of carbonyl (C=O) groups excluding carboxylic acids is 1. The summed E-state index contributed by atoms with van der Waals surface area (Å²) in [5.41, 5.74) is 0.710. The van der Waals surface area contributed by atoms with Gasteiger partial charge in [0.1, 0.15) is 0 Å². The quantitative estimate of drug-likeness (QED) is 0.776. The second kappa shape index (κ2) is 7.46. The van der Waals surface area contributed by atoms with Crippen LogP contribution in [0.5, 0.6) is 0 Å². The molecular weight excluding hydrogens is 282 g/mol. The molecule has 2 aromatic rings. The van der Waals surface area contributed by atoms with Crippen molar-refractivity contribution in [3.8, 4) is 0 Å². The van der Waals surface area contributed by atoms with Crippen LogP contribution in [0.3, 0.4) is 0 Å². The fourth-order valence-corrected chi connectivity index (χ4v) is 3.11. The van der Waals surface area contributed by atoms with Crippen molar-refractivity contribution in [2.75, 3.05) is 6.54 Å². The minimum atomic E-state index is -0.0524. The Morgan fingerprint density at radius 1 is 1.10 bits per heavy atom. The van der Waals surface area contributed by atoms with Gasteiger partial charge in [0.2, 0.25) is 0 Å². The Kier molecular flexibility index (Phi) is 5.63. The monoisotopic (exact) mass is 303 g/mol. The van der Waals surface area contributed by atoms with E-state index in [0.29, 0.717) is 18.0 Å². The highest BCUT2D eigenvalue weighted by atomic mass is 35.5. The minimum absolute atomic E-state index is 0.0149. The van der Waals surface area contributed by atoms with E-state index in [1.54, 1.807) is 0 Å².